The van der Waals surface area contributed by atoms with Crippen LogP contribution in [-0.4, -0.2) is 14.2 Å². The Morgan fingerprint density at radius 1 is 0.947 bits per heavy atom. The molecule has 2 nitrogen and oxygen atoms in total. The van der Waals surface area contributed by atoms with Gasteiger partial charge in [0, 0.05) is 11.2 Å². The lowest BCUT2D eigenvalue weighted by Gasteiger charge is -2.17. The van der Waals surface area contributed by atoms with Gasteiger partial charge in [0.2, 0.25) is 0 Å². The maximum atomic E-state index is 5.45. The number of hydrogen-bond donors (Lipinski definition) is 0. The van der Waals surface area contributed by atoms with Crippen molar-refractivity contribution < 1.29 is 9.47 Å². The van der Waals surface area contributed by atoms with E-state index in [4.69, 9.17) is 9.47 Å². The van der Waals surface area contributed by atoms with Gasteiger partial charge in [-0.1, -0.05) is 45.8 Å². The van der Waals surface area contributed by atoms with Crippen molar-refractivity contribution in [1.82, 2.24) is 0 Å². The summed E-state index contributed by atoms with van der Waals surface area (Å²) in [6.07, 6.45) is 0. The van der Waals surface area contributed by atoms with Gasteiger partial charge in [0.25, 0.3) is 0 Å². The molecule has 0 spiro atoms. The Labute approximate surface area is 116 Å². The van der Waals surface area contributed by atoms with Crippen LogP contribution in [0, 0.1) is 0 Å². The molecule has 0 N–H and O–H groups in total. The minimum absolute atomic E-state index is 0.410. The van der Waals surface area contributed by atoms with Gasteiger partial charge in [-0.2, -0.15) is 0 Å². The molecule has 0 radical (unpaired) electrons. The smallest absolute Gasteiger partial charge is 0.122 e. The van der Waals surface area contributed by atoms with Crippen molar-refractivity contribution in [3.05, 3.63) is 54.1 Å². The molecule has 0 aromatic heterocycles. The second-order valence-corrected chi connectivity index (χ2v) is 6.07. The molecule has 0 amide bonds. The summed E-state index contributed by atoms with van der Waals surface area (Å²) < 4.78 is 10.8. The fraction of sp³-hybridized carbons (Fsp3) is 0.250. The highest BCUT2D eigenvalue weighted by molar-refractivity contribution is 7.47. The summed E-state index contributed by atoms with van der Waals surface area (Å²) in [7, 11) is 4.12. The van der Waals surface area contributed by atoms with Crippen molar-refractivity contribution in [3.8, 4) is 11.5 Å². The largest absolute Gasteiger partial charge is 0.497 e. The van der Waals surface area contributed by atoms with Crippen molar-refractivity contribution in [2.75, 3.05) is 14.2 Å². The summed E-state index contributed by atoms with van der Waals surface area (Å²) in [5.74, 6) is 1.80. The zero-order valence-corrected chi connectivity index (χ0v) is 12.5. The minimum Gasteiger partial charge on any atom is -0.497 e. The Bertz CT molecular complexity index is 526. The molecule has 2 aromatic carbocycles. The molecule has 0 fully saturated rings. The van der Waals surface area contributed by atoms with Gasteiger partial charge in [0.1, 0.15) is 11.5 Å². The molecular weight excluding hydrogens is 255 g/mol. The number of methoxy groups -OCH3 is 2. The van der Waals surface area contributed by atoms with Crippen LogP contribution in [0.1, 0.15) is 18.1 Å². The van der Waals surface area contributed by atoms with Crippen LogP contribution in [0.15, 0.2) is 48.5 Å². The molecule has 0 saturated carbocycles. The quantitative estimate of drug-likeness (QED) is 0.773. The number of benzene rings is 2. The number of ether oxygens (including phenoxy) is 2. The van der Waals surface area contributed by atoms with Crippen LogP contribution in [0.5, 0.6) is 11.5 Å². The van der Waals surface area contributed by atoms with Gasteiger partial charge in [-0.25, -0.2) is 0 Å². The molecule has 3 heteroatoms. The lowest BCUT2D eigenvalue weighted by atomic mass is 10.1. The van der Waals surface area contributed by atoms with Crippen LogP contribution in [0.4, 0.5) is 0 Å². The minimum atomic E-state index is 0.410. The van der Waals surface area contributed by atoms with Crippen LogP contribution in [0.2, 0.25) is 0 Å². The summed E-state index contributed by atoms with van der Waals surface area (Å²) in [6, 6.07) is 16.5. The molecule has 2 atom stereocenters. The molecule has 0 saturated heterocycles. The van der Waals surface area contributed by atoms with E-state index in [2.05, 4.69) is 37.3 Å². The molecule has 19 heavy (non-hydrogen) atoms. The van der Waals surface area contributed by atoms with Gasteiger partial charge >= 0.3 is 0 Å². The van der Waals surface area contributed by atoms with Crippen molar-refractivity contribution in [3.63, 3.8) is 0 Å². The Kier molecular flexibility index (Phi) is 4.81. The monoisotopic (exact) mass is 274 g/mol. The number of rotatable bonds is 5. The van der Waals surface area contributed by atoms with E-state index < -0.39 is 0 Å². The first-order chi connectivity index (χ1) is 9.24. The zero-order valence-electron chi connectivity index (χ0n) is 11.5. The first-order valence-electron chi connectivity index (χ1n) is 6.28. The lowest BCUT2D eigenvalue weighted by Crippen LogP contribution is -2.00. The summed E-state index contributed by atoms with van der Waals surface area (Å²) in [4.78, 5) is 0. The molecule has 0 bridgehead atoms. The van der Waals surface area contributed by atoms with E-state index in [0.717, 1.165) is 20.1 Å². The third-order valence-corrected chi connectivity index (χ3v) is 4.47. The maximum Gasteiger partial charge on any atom is 0.122 e. The fourth-order valence-electron chi connectivity index (χ4n) is 2.04. The molecule has 0 aliphatic rings. The van der Waals surface area contributed by atoms with Gasteiger partial charge < -0.3 is 9.47 Å². The Hall–Kier alpha value is -1.53. The zero-order chi connectivity index (χ0) is 13.7. The van der Waals surface area contributed by atoms with Crippen LogP contribution in [0.25, 0.3) is 0 Å². The molecule has 100 valence electrons. The van der Waals surface area contributed by atoms with Crippen molar-refractivity contribution in [1.29, 1.82) is 0 Å². The van der Waals surface area contributed by atoms with Crippen molar-refractivity contribution in [2.24, 2.45) is 0 Å². The average Bonchev–Trinajstić information content (AvgIpc) is 2.47. The maximum absolute atomic E-state index is 5.45. The Morgan fingerprint density at radius 3 is 2.32 bits per heavy atom. The SMILES string of the molecule is COc1ccc(OC)c(C(C)Pc2ccccc2)c1. The van der Waals surface area contributed by atoms with Gasteiger partial charge in [-0.3, -0.25) is 0 Å². The summed E-state index contributed by atoms with van der Waals surface area (Å²) in [5, 5.41) is 1.36. The van der Waals surface area contributed by atoms with E-state index in [9.17, 15) is 0 Å². The first-order valence-corrected chi connectivity index (χ1v) is 7.36. The van der Waals surface area contributed by atoms with Crippen LogP contribution in [-0.2, 0) is 0 Å². The molecule has 2 unspecified atom stereocenters. The highest BCUT2D eigenvalue weighted by Crippen LogP contribution is 2.39. The third-order valence-electron chi connectivity index (χ3n) is 3.06. The standard InChI is InChI=1S/C16H19O2P/c1-12(19-14-7-5-4-6-8-14)15-11-13(17-2)9-10-16(15)18-3/h4-12,19H,1-3H3. The highest BCUT2D eigenvalue weighted by Gasteiger charge is 2.13. The third kappa shape index (κ3) is 3.48. The molecular formula is C16H19O2P. The van der Waals surface area contributed by atoms with Gasteiger partial charge in [0.15, 0.2) is 0 Å². The van der Waals surface area contributed by atoms with Crippen LogP contribution in [0.3, 0.4) is 0 Å². The Balaban J connectivity index is 2.24. The molecule has 0 aliphatic carbocycles. The van der Waals surface area contributed by atoms with Gasteiger partial charge in [0.05, 0.1) is 14.2 Å². The fourth-order valence-corrected chi connectivity index (χ4v) is 3.31. The van der Waals surface area contributed by atoms with Crippen LogP contribution >= 0.6 is 8.58 Å². The van der Waals surface area contributed by atoms with E-state index >= 15 is 0 Å². The van der Waals surface area contributed by atoms with Gasteiger partial charge in [-0.05, 0) is 23.5 Å². The molecule has 0 aliphatic heterocycles. The summed E-state index contributed by atoms with van der Waals surface area (Å²) >= 11 is 0. The molecule has 0 heterocycles. The predicted octanol–water partition coefficient (Wildman–Crippen LogP) is 3.77. The van der Waals surface area contributed by atoms with Crippen LogP contribution < -0.4 is 14.8 Å². The second kappa shape index (κ2) is 6.58. The molecule has 2 aromatic rings. The number of hydrogen-bond acceptors (Lipinski definition) is 2. The summed E-state index contributed by atoms with van der Waals surface area (Å²) in [6.45, 7) is 2.22. The summed E-state index contributed by atoms with van der Waals surface area (Å²) in [5.41, 5.74) is 1.61. The normalized spacial score (nSPS) is 12.6. The van der Waals surface area contributed by atoms with E-state index in [0.29, 0.717) is 5.66 Å². The van der Waals surface area contributed by atoms with E-state index in [1.54, 1.807) is 14.2 Å². The second-order valence-electron chi connectivity index (χ2n) is 4.34. The van der Waals surface area contributed by atoms with E-state index in [-0.39, 0.29) is 0 Å². The first kappa shape index (κ1) is 13.9. The highest BCUT2D eigenvalue weighted by atomic mass is 31.1. The lowest BCUT2D eigenvalue weighted by molar-refractivity contribution is 0.399. The average molecular weight is 274 g/mol. The molecule has 2 rings (SSSR count). The topological polar surface area (TPSA) is 18.5 Å². The van der Waals surface area contributed by atoms with E-state index in [1.807, 2.05) is 18.2 Å². The Morgan fingerprint density at radius 2 is 1.68 bits per heavy atom. The van der Waals surface area contributed by atoms with E-state index in [1.165, 1.54) is 10.9 Å². The predicted molar refractivity (Wildman–Crippen MR) is 82.4 cm³/mol. The van der Waals surface area contributed by atoms with Gasteiger partial charge in [-0.15, -0.1) is 0 Å². The van der Waals surface area contributed by atoms with Crippen molar-refractivity contribution >= 4 is 13.9 Å². The van der Waals surface area contributed by atoms with Crippen molar-refractivity contribution in [2.45, 2.75) is 12.6 Å².